The van der Waals surface area contributed by atoms with E-state index in [1.807, 2.05) is 65.5 Å². The maximum atomic E-state index is 5.11. The van der Waals surface area contributed by atoms with E-state index in [-0.39, 0.29) is 0 Å². The monoisotopic (exact) mass is 292 g/mol. The predicted molar refractivity (Wildman–Crippen MR) is 87.8 cm³/mol. The van der Waals surface area contributed by atoms with Crippen LogP contribution >= 0.6 is 0 Å². The van der Waals surface area contributed by atoms with Gasteiger partial charge in [0.2, 0.25) is 0 Å². The number of nitrogens with one attached hydrogen (secondary N) is 1. The molecule has 22 heavy (non-hydrogen) atoms. The lowest BCUT2D eigenvalue weighted by molar-refractivity contribution is 0.415. The first kappa shape index (κ1) is 13.9. The van der Waals surface area contributed by atoms with Crippen molar-refractivity contribution >= 4 is 11.9 Å². The average molecular weight is 292 g/mol. The molecule has 110 valence electrons. The third-order valence-corrected chi connectivity index (χ3v) is 3.12. The number of hydrogen-bond acceptors (Lipinski definition) is 4. The van der Waals surface area contributed by atoms with Crippen molar-refractivity contribution in [2.24, 2.45) is 5.10 Å². The van der Waals surface area contributed by atoms with Crippen molar-refractivity contribution in [3.05, 3.63) is 72.6 Å². The molecule has 0 aliphatic rings. The van der Waals surface area contributed by atoms with E-state index >= 15 is 0 Å². The van der Waals surface area contributed by atoms with Crippen LogP contribution in [0.5, 0.6) is 5.75 Å². The molecule has 1 heterocycles. The van der Waals surface area contributed by atoms with Gasteiger partial charge in [-0.2, -0.15) is 10.2 Å². The lowest BCUT2D eigenvalue weighted by Gasteiger charge is -2.01. The van der Waals surface area contributed by atoms with Gasteiger partial charge in [-0.3, -0.25) is 5.43 Å². The molecule has 0 aliphatic heterocycles. The predicted octanol–water partition coefficient (Wildman–Crippen LogP) is 3.33. The lowest BCUT2D eigenvalue weighted by Crippen LogP contribution is -1.93. The van der Waals surface area contributed by atoms with Gasteiger partial charge in [0.25, 0.3) is 0 Å². The fourth-order valence-electron chi connectivity index (χ4n) is 1.97. The minimum atomic E-state index is 0.818. The Balaban J connectivity index is 1.64. The van der Waals surface area contributed by atoms with Gasteiger partial charge in [0.15, 0.2) is 0 Å². The number of aromatic nitrogens is 2. The zero-order chi connectivity index (χ0) is 15.2. The van der Waals surface area contributed by atoms with Crippen molar-refractivity contribution in [2.45, 2.75) is 0 Å². The number of ether oxygens (including phenoxy) is 1. The highest BCUT2D eigenvalue weighted by molar-refractivity contribution is 5.79. The summed E-state index contributed by atoms with van der Waals surface area (Å²) in [6.45, 7) is 0. The lowest BCUT2D eigenvalue weighted by atomic mass is 10.3. The Bertz CT molecular complexity index is 748. The highest BCUT2D eigenvalue weighted by atomic mass is 16.5. The average Bonchev–Trinajstić information content (AvgIpc) is 3.05. The summed E-state index contributed by atoms with van der Waals surface area (Å²) in [4.78, 5) is 0. The van der Waals surface area contributed by atoms with Crippen molar-refractivity contribution in [1.82, 2.24) is 9.78 Å². The largest absolute Gasteiger partial charge is 0.497 e. The highest BCUT2D eigenvalue weighted by Gasteiger charge is 1.98. The SMILES string of the molecule is COc1ccc(N/N=C/c2cnn(-c3ccccc3)c2)cc1. The molecule has 3 rings (SSSR count). The summed E-state index contributed by atoms with van der Waals surface area (Å²) in [5, 5.41) is 8.52. The molecule has 2 aromatic carbocycles. The second-order valence-electron chi connectivity index (χ2n) is 4.65. The second-order valence-corrected chi connectivity index (χ2v) is 4.65. The first-order chi connectivity index (χ1) is 10.8. The molecule has 0 bridgehead atoms. The van der Waals surface area contributed by atoms with E-state index < -0.39 is 0 Å². The first-order valence-corrected chi connectivity index (χ1v) is 6.88. The molecule has 0 amide bonds. The van der Waals surface area contributed by atoms with Crippen LogP contribution in [0.15, 0.2) is 72.1 Å². The standard InChI is InChI=1S/C17H16N4O/c1-22-17-9-7-15(8-10-17)20-18-11-14-12-19-21(13-14)16-5-3-2-4-6-16/h2-13,20H,1H3/b18-11+. The summed E-state index contributed by atoms with van der Waals surface area (Å²) in [6.07, 6.45) is 5.43. The molecule has 5 heteroatoms. The van der Waals surface area contributed by atoms with Crippen LogP contribution < -0.4 is 10.2 Å². The van der Waals surface area contributed by atoms with Gasteiger partial charge in [-0.1, -0.05) is 18.2 Å². The van der Waals surface area contributed by atoms with Crippen LogP contribution in [-0.4, -0.2) is 23.1 Å². The molecule has 0 unspecified atom stereocenters. The Hall–Kier alpha value is -3.08. The molecule has 1 N–H and O–H groups in total. The van der Waals surface area contributed by atoms with Gasteiger partial charge in [0, 0.05) is 11.8 Å². The van der Waals surface area contributed by atoms with Crippen LogP contribution in [0.4, 0.5) is 5.69 Å². The molecule has 0 spiro atoms. The van der Waals surface area contributed by atoms with E-state index in [1.54, 1.807) is 19.5 Å². The third kappa shape index (κ3) is 3.32. The normalized spacial score (nSPS) is 10.8. The Morgan fingerprint density at radius 2 is 1.86 bits per heavy atom. The maximum Gasteiger partial charge on any atom is 0.119 e. The number of hydrogen-bond donors (Lipinski definition) is 1. The molecule has 0 saturated heterocycles. The Kier molecular flexibility index (Phi) is 4.15. The molecule has 0 atom stereocenters. The number of hydrazone groups is 1. The van der Waals surface area contributed by atoms with Crippen molar-refractivity contribution in [3.8, 4) is 11.4 Å². The van der Waals surface area contributed by atoms with Gasteiger partial charge >= 0.3 is 0 Å². The van der Waals surface area contributed by atoms with Crippen molar-refractivity contribution in [2.75, 3.05) is 12.5 Å². The zero-order valence-electron chi connectivity index (χ0n) is 12.2. The van der Waals surface area contributed by atoms with Crippen LogP contribution in [0.1, 0.15) is 5.56 Å². The van der Waals surface area contributed by atoms with E-state index in [0.717, 1.165) is 22.7 Å². The topological polar surface area (TPSA) is 51.4 Å². The van der Waals surface area contributed by atoms with E-state index in [9.17, 15) is 0 Å². The number of methoxy groups -OCH3 is 1. The number of anilines is 1. The van der Waals surface area contributed by atoms with Crippen LogP contribution in [-0.2, 0) is 0 Å². The minimum Gasteiger partial charge on any atom is -0.497 e. The second kappa shape index (κ2) is 6.58. The third-order valence-electron chi connectivity index (χ3n) is 3.12. The number of nitrogens with zero attached hydrogens (tertiary/aromatic N) is 3. The zero-order valence-corrected chi connectivity index (χ0v) is 12.2. The van der Waals surface area contributed by atoms with Crippen molar-refractivity contribution < 1.29 is 4.74 Å². The van der Waals surface area contributed by atoms with Crippen LogP contribution in [0.3, 0.4) is 0 Å². The molecular formula is C17H16N4O. The van der Waals surface area contributed by atoms with Gasteiger partial charge in [0.05, 0.1) is 30.9 Å². The van der Waals surface area contributed by atoms with E-state index in [0.29, 0.717) is 0 Å². The van der Waals surface area contributed by atoms with Gasteiger partial charge in [-0.15, -0.1) is 0 Å². The van der Waals surface area contributed by atoms with Gasteiger partial charge in [-0.25, -0.2) is 4.68 Å². The van der Waals surface area contributed by atoms with E-state index in [1.165, 1.54) is 0 Å². The summed E-state index contributed by atoms with van der Waals surface area (Å²) in [7, 11) is 1.64. The van der Waals surface area contributed by atoms with Crippen LogP contribution in [0.25, 0.3) is 5.69 Å². The Morgan fingerprint density at radius 1 is 1.09 bits per heavy atom. The maximum absolute atomic E-state index is 5.11. The first-order valence-electron chi connectivity index (χ1n) is 6.88. The summed E-state index contributed by atoms with van der Waals surface area (Å²) < 4.78 is 6.92. The van der Waals surface area contributed by atoms with E-state index in [4.69, 9.17) is 4.74 Å². The molecule has 0 aliphatic carbocycles. The molecule has 0 radical (unpaired) electrons. The van der Waals surface area contributed by atoms with E-state index in [2.05, 4.69) is 15.6 Å². The smallest absolute Gasteiger partial charge is 0.119 e. The van der Waals surface area contributed by atoms with Crippen LogP contribution in [0.2, 0.25) is 0 Å². The molecule has 1 aromatic heterocycles. The molecule has 3 aromatic rings. The number of benzene rings is 2. The summed E-state index contributed by atoms with van der Waals surface area (Å²) >= 11 is 0. The highest BCUT2D eigenvalue weighted by Crippen LogP contribution is 2.14. The van der Waals surface area contributed by atoms with Crippen molar-refractivity contribution in [1.29, 1.82) is 0 Å². The van der Waals surface area contributed by atoms with Gasteiger partial charge in [0.1, 0.15) is 5.75 Å². The van der Waals surface area contributed by atoms with Crippen LogP contribution in [0, 0.1) is 0 Å². The Morgan fingerprint density at radius 3 is 2.59 bits per heavy atom. The fourth-order valence-corrected chi connectivity index (χ4v) is 1.97. The Labute approximate surface area is 128 Å². The number of rotatable bonds is 5. The summed E-state index contributed by atoms with van der Waals surface area (Å²) in [6, 6.07) is 17.5. The van der Waals surface area contributed by atoms with Gasteiger partial charge < -0.3 is 4.74 Å². The minimum absolute atomic E-state index is 0.818. The molecule has 0 saturated carbocycles. The van der Waals surface area contributed by atoms with Crippen molar-refractivity contribution in [3.63, 3.8) is 0 Å². The molecule has 0 fully saturated rings. The fraction of sp³-hybridized carbons (Fsp3) is 0.0588. The molecule has 5 nitrogen and oxygen atoms in total. The molecular weight excluding hydrogens is 276 g/mol. The summed E-state index contributed by atoms with van der Waals surface area (Å²) in [5.41, 5.74) is 5.81. The quantitative estimate of drug-likeness (QED) is 0.579. The number of para-hydroxylation sites is 1. The summed E-state index contributed by atoms with van der Waals surface area (Å²) in [5.74, 6) is 0.818. The van der Waals surface area contributed by atoms with Gasteiger partial charge in [-0.05, 0) is 36.4 Å².